The number of hydrogen-bond donors (Lipinski definition) is 1. The van der Waals surface area contributed by atoms with Crippen LogP contribution < -0.4 is 0 Å². The van der Waals surface area contributed by atoms with Gasteiger partial charge in [0.2, 0.25) is 0 Å². The van der Waals surface area contributed by atoms with E-state index in [9.17, 15) is 4.79 Å². The molecule has 2 aromatic heterocycles. The summed E-state index contributed by atoms with van der Waals surface area (Å²) >= 11 is 0. The fraction of sp³-hybridized carbons (Fsp3) is 0.310. The zero-order valence-electron chi connectivity index (χ0n) is 20.6. The first-order valence-corrected chi connectivity index (χ1v) is 12.2. The molecule has 35 heavy (non-hydrogen) atoms. The molecule has 0 spiro atoms. The number of ether oxygens (including phenoxy) is 1. The van der Waals surface area contributed by atoms with Crippen LogP contribution in [-0.4, -0.2) is 39.3 Å². The predicted molar refractivity (Wildman–Crippen MR) is 139 cm³/mol. The SMILES string of the molecule is COC(=O)/C=C/c1ccc2c(c1)CCC2N(CCc1c[nH]c2cc(C)ccc12)Cc1cnn(C)c1. The Kier molecular flexibility index (Phi) is 6.55. The molecule has 1 atom stereocenters. The Balaban J connectivity index is 1.38. The molecule has 0 aliphatic heterocycles. The van der Waals surface area contributed by atoms with Gasteiger partial charge < -0.3 is 9.72 Å². The summed E-state index contributed by atoms with van der Waals surface area (Å²) in [4.78, 5) is 17.5. The monoisotopic (exact) mass is 468 g/mol. The standard InChI is InChI=1S/C29H32N4O2/c1-20-4-8-25-24(17-30-27(25)14-20)12-13-33(19-22-16-31-32(2)18-22)28-10-7-23-15-21(5-9-26(23)28)6-11-29(34)35-3/h4-6,8-9,11,14-18,28,30H,7,10,12-13,19H2,1-3H3/b11-6+. The molecular formula is C29H32N4O2. The van der Waals surface area contributed by atoms with Crippen LogP contribution in [0.2, 0.25) is 0 Å². The molecule has 4 aromatic rings. The fourth-order valence-electron chi connectivity index (χ4n) is 5.23. The van der Waals surface area contributed by atoms with Crippen LogP contribution in [0, 0.1) is 6.92 Å². The highest BCUT2D eigenvalue weighted by Gasteiger charge is 2.28. The van der Waals surface area contributed by atoms with E-state index in [0.717, 1.165) is 37.9 Å². The molecule has 6 nitrogen and oxygen atoms in total. The third-order valence-electron chi connectivity index (χ3n) is 7.00. The van der Waals surface area contributed by atoms with Gasteiger partial charge in [-0.1, -0.05) is 30.3 Å². The van der Waals surface area contributed by atoms with Crippen LogP contribution in [0.5, 0.6) is 0 Å². The Morgan fingerprint density at radius 2 is 2.17 bits per heavy atom. The molecule has 0 bridgehead atoms. The van der Waals surface area contributed by atoms with E-state index >= 15 is 0 Å². The zero-order valence-corrected chi connectivity index (χ0v) is 20.6. The zero-order chi connectivity index (χ0) is 24.4. The quantitative estimate of drug-likeness (QED) is 0.288. The van der Waals surface area contributed by atoms with Gasteiger partial charge in [0.15, 0.2) is 0 Å². The van der Waals surface area contributed by atoms with Gasteiger partial charge in [-0.2, -0.15) is 5.10 Å². The van der Waals surface area contributed by atoms with Crippen molar-refractivity contribution in [2.24, 2.45) is 7.05 Å². The minimum atomic E-state index is -0.335. The number of methoxy groups -OCH3 is 1. The number of aromatic nitrogens is 3. The lowest BCUT2D eigenvalue weighted by atomic mass is 10.0. The van der Waals surface area contributed by atoms with Crippen LogP contribution in [0.3, 0.4) is 0 Å². The smallest absolute Gasteiger partial charge is 0.330 e. The van der Waals surface area contributed by atoms with E-state index in [-0.39, 0.29) is 5.97 Å². The Labute approximate surface area is 206 Å². The van der Waals surface area contributed by atoms with Crippen molar-refractivity contribution in [2.75, 3.05) is 13.7 Å². The third kappa shape index (κ3) is 5.08. The van der Waals surface area contributed by atoms with Crippen molar-refractivity contribution in [2.45, 2.75) is 38.8 Å². The lowest BCUT2D eigenvalue weighted by molar-refractivity contribution is -0.134. The molecule has 0 fully saturated rings. The second kappa shape index (κ2) is 9.92. The van der Waals surface area contributed by atoms with Crippen LogP contribution >= 0.6 is 0 Å². The van der Waals surface area contributed by atoms with Crippen molar-refractivity contribution in [1.82, 2.24) is 19.7 Å². The van der Waals surface area contributed by atoms with Gasteiger partial charge in [-0.3, -0.25) is 9.58 Å². The average molecular weight is 469 g/mol. The third-order valence-corrected chi connectivity index (χ3v) is 7.00. The largest absolute Gasteiger partial charge is 0.466 e. The van der Waals surface area contributed by atoms with E-state index in [1.165, 1.54) is 51.9 Å². The number of rotatable bonds is 8. The molecule has 5 rings (SSSR count). The highest BCUT2D eigenvalue weighted by Crippen LogP contribution is 2.37. The van der Waals surface area contributed by atoms with Crippen LogP contribution in [0.15, 0.2) is 61.1 Å². The van der Waals surface area contributed by atoms with E-state index in [0.29, 0.717) is 6.04 Å². The molecule has 6 heteroatoms. The van der Waals surface area contributed by atoms with Gasteiger partial charge in [-0.25, -0.2) is 4.79 Å². The van der Waals surface area contributed by atoms with E-state index in [1.807, 2.05) is 24.0 Å². The normalized spacial score (nSPS) is 15.4. The van der Waals surface area contributed by atoms with Crippen molar-refractivity contribution >= 4 is 22.9 Å². The van der Waals surface area contributed by atoms with E-state index in [1.54, 1.807) is 0 Å². The fourth-order valence-corrected chi connectivity index (χ4v) is 5.23. The average Bonchev–Trinajstić information content (AvgIpc) is 3.58. The van der Waals surface area contributed by atoms with Gasteiger partial charge in [-0.15, -0.1) is 0 Å². The maximum absolute atomic E-state index is 11.5. The number of fused-ring (bicyclic) bond motifs is 2. The first kappa shape index (κ1) is 23.1. The topological polar surface area (TPSA) is 63.1 Å². The predicted octanol–water partition coefficient (Wildman–Crippen LogP) is 5.13. The molecule has 1 aliphatic rings. The molecule has 1 N–H and O–H groups in total. The highest BCUT2D eigenvalue weighted by molar-refractivity contribution is 5.87. The number of aromatic amines is 1. The van der Waals surface area contributed by atoms with Crippen LogP contribution in [0.4, 0.5) is 0 Å². The summed E-state index contributed by atoms with van der Waals surface area (Å²) in [5, 5.41) is 5.70. The summed E-state index contributed by atoms with van der Waals surface area (Å²) in [5.74, 6) is -0.335. The molecule has 0 radical (unpaired) electrons. The van der Waals surface area contributed by atoms with Gasteiger partial charge in [-0.05, 0) is 66.1 Å². The molecular weight excluding hydrogens is 436 g/mol. The number of nitrogens with zero attached hydrogens (tertiary/aromatic N) is 3. The summed E-state index contributed by atoms with van der Waals surface area (Å²) in [7, 11) is 3.37. The lowest BCUT2D eigenvalue weighted by Gasteiger charge is -2.29. The molecule has 0 saturated heterocycles. The Hall–Kier alpha value is -3.64. The summed E-state index contributed by atoms with van der Waals surface area (Å²) in [6, 6.07) is 13.5. The summed E-state index contributed by atoms with van der Waals surface area (Å²) in [6.45, 7) is 3.96. The molecule has 0 saturated carbocycles. The van der Waals surface area contributed by atoms with Gasteiger partial charge in [0.1, 0.15) is 0 Å². The summed E-state index contributed by atoms with van der Waals surface area (Å²) in [6.07, 6.45) is 12.7. The Morgan fingerprint density at radius 1 is 1.29 bits per heavy atom. The number of esters is 1. The van der Waals surface area contributed by atoms with Gasteiger partial charge in [0.25, 0.3) is 0 Å². The highest BCUT2D eigenvalue weighted by atomic mass is 16.5. The number of benzene rings is 2. The lowest BCUT2D eigenvalue weighted by Crippen LogP contribution is -2.29. The first-order valence-electron chi connectivity index (χ1n) is 12.2. The van der Waals surface area contributed by atoms with Crippen LogP contribution in [0.1, 0.15) is 45.8 Å². The number of aryl methyl sites for hydroxylation is 3. The van der Waals surface area contributed by atoms with Crippen molar-refractivity contribution in [3.05, 3.63) is 94.4 Å². The molecule has 2 heterocycles. The van der Waals surface area contributed by atoms with Gasteiger partial charge in [0, 0.05) is 61.1 Å². The number of H-pyrrole nitrogens is 1. The maximum Gasteiger partial charge on any atom is 0.330 e. The first-order chi connectivity index (χ1) is 17.0. The summed E-state index contributed by atoms with van der Waals surface area (Å²) < 4.78 is 6.59. The Bertz CT molecular complexity index is 1380. The van der Waals surface area contributed by atoms with Gasteiger partial charge in [0.05, 0.1) is 13.3 Å². The minimum Gasteiger partial charge on any atom is -0.466 e. The number of nitrogens with one attached hydrogen (secondary N) is 1. The maximum atomic E-state index is 11.5. The van der Waals surface area contributed by atoms with Gasteiger partial charge >= 0.3 is 5.97 Å². The van der Waals surface area contributed by atoms with Crippen LogP contribution in [0.25, 0.3) is 17.0 Å². The molecule has 0 amide bonds. The van der Waals surface area contributed by atoms with E-state index < -0.39 is 0 Å². The number of carbonyl (C=O) groups excluding carboxylic acids is 1. The summed E-state index contributed by atoms with van der Waals surface area (Å²) in [5.41, 5.74) is 8.85. The van der Waals surface area contributed by atoms with Crippen molar-refractivity contribution in [1.29, 1.82) is 0 Å². The minimum absolute atomic E-state index is 0.335. The number of hydrogen-bond acceptors (Lipinski definition) is 4. The molecule has 1 aliphatic carbocycles. The molecule has 1 unspecified atom stereocenters. The van der Waals surface area contributed by atoms with Crippen molar-refractivity contribution in [3.63, 3.8) is 0 Å². The van der Waals surface area contributed by atoms with E-state index in [4.69, 9.17) is 4.74 Å². The van der Waals surface area contributed by atoms with Crippen molar-refractivity contribution in [3.8, 4) is 0 Å². The number of carbonyl (C=O) groups is 1. The van der Waals surface area contributed by atoms with E-state index in [2.05, 4.69) is 70.7 Å². The second-order valence-corrected chi connectivity index (χ2v) is 9.47. The molecule has 2 aromatic carbocycles. The van der Waals surface area contributed by atoms with Crippen LogP contribution in [-0.2, 0) is 36.0 Å². The second-order valence-electron chi connectivity index (χ2n) is 9.47. The molecule has 180 valence electrons. The van der Waals surface area contributed by atoms with Crippen molar-refractivity contribution < 1.29 is 9.53 Å². The Morgan fingerprint density at radius 3 is 2.97 bits per heavy atom.